The molecule has 0 aliphatic carbocycles. The molecule has 6 nitrogen and oxygen atoms in total. The molecule has 1 fully saturated rings. The lowest BCUT2D eigenvalue weighted by molar-refractivity contribution is -0.119. The molecule has 0 spiro atoms. The van der Waals surface area contributed by atoms with Crippen molar-refractivity contribution in [2.45, 2.75) is 26.4 Å². The monoisotopic (exact) mass is 401 g/mol. The van der Waals surface area contributed by atoms with E-state index in [1.54, 1.807) is 7.11 Å². The molecule has 1 aliphatic rings. The molecule has 1 saturated heterocycles. The van der Waals surface area contributed by atoms with Crippen molar-refractivity contribution in [3.8, 4) is 5.75 Å². The van der Waals surface area contributed by atoms with Crippen molar-refractivity contribution in [2.75, 3.05) is 33.3 Å². The first-order chi connectivity index (χ1) is 13.5. The average molecular weight is 402 g/mol. The van der Waals surface area contributed by atoms with Crippen molar-refractivity contribution in [3.63, 3.8) is 0 Å². The number of benzene rings is 1. The highest BCUT2D eigenvalue weighted by molar-refractivity contribution is 7.14. The Labute approximate surface area is 170 Å². The van der Waals surface area contributed by atoms with Gasteiger partial charge in [0.05, 0.1) is 18.5 Å². The number of methoxy groups -OCH3 is 1. The summed E-state index contributed by atoms with van der Waals surface area (Å²) in [6, 6.07) is 11.9. The topological polar surface area (TPSA) is 61.9 Å². The van der Waals surface area contributed by atoms with Gasteiger partial charge in [-0.05, 0) is 36.2 Å². The molecule has 2 aromatic rings. The summed E-state index contributed by atoms with van der Waals surface area (Å²) in [6.45, 7) is 6.20. The Kier molecular flexibility index (Phi) is 7.06. The second-order valence-electron chi connectivity index (χ2n) is 6.95. The molecule has 1 aromatic carbocycles. The van der Waals surface area contributed by atoms with Gasteiger partial charge in [-0.2, -0.15) is 0 Å². The van der Waals surface area contributed by atoms with Gasteiger partial charge in [0.15, 0.2) is 0 Å². The van der Waals surface area contributed by atoms with Crippen LogP contribution in [0.4, 0.5) is 0 Å². The number of nitrogens with zero attached hydrogens (tertiary/aromatic N) is 2. The number of amides is 2. The van der Waals surface area contributed by atoms with Crippen LogP contribution >= 0.6 is 11.3 Å². The first kappa shape index (κ1) is 20.4. The molecule has 1 aromatic heterocycles. The van der Waals surface area contributed by atoms with Gasteiger partial charge in [-0.15, -0.1) is 11.3 Å². The zero-order valence-electron chi connectivity index (χ0n) is 16.4. The number of rotatable bonds is 6. The number of hydrogen-bond donors (Lipinski definition) is 1. The number of carbonyl (C=O) groups excluding carboxylic acids is 2. The van der Waals surface area contributed by atoms with Crippen molar-refractivity contribution >= 4 is 23.2 Å². The van der Waals surface area contributed by atoms with Gasteiger partial charge in [0.1, 0.15) is 5.75 Å². The van der Waals surface area contributed by atoms with Crippen LogP contribution in [0.15, 0.2) is 36.4 Å². The Hall–Kier alpha value is -2.38. The molecule has 1 aliphatic heterocycles. The zero-order valence-corrected chi connectivity index (χ0v) is 17.3. The normalized spacial score (nSPS) is 15.1. The summed E-state index contributed by atoms with van der Waals surface area (Å²) in [6.07, 6.45) is 0.964. The fourth-order valence-electron chi connectivity index (χ4n) is 3.28. The van der Waals surface area contributed by atoms with Crippen molar-refractivity contribution in [1.29, 1.82) is 0 Å². The van der Waals surface area contributed by atoms with Crippen molar-refractivity contribution in [1.82, 2.24) is 15.1 Å². The standard InChI is InChI=1S/C21H27N3O3S/c1-16(25)22-14-19-8-9-20(28-19)21(26)24-11-3-10-23(12-13-24)15-17-4-6-18(27-2)7-5-17/h4-9H,3,10-15H2,1-2H3,(H,22,25). The molecule has 3 rings (SSSR count). The Bertz CT molecular complexity index is 803. The van der Waals surface area contributed by atoms with Crippen molar-refractivity contribution in [3.05, 3.63) is 51.7 Å². The third-order valence-electron chi connectivity index (χ3n) is 4.82. The van der Waals surface area contributed by atoms with E-state index in [9.17, 15) is 9.59 Å². The Morgan fingerprint density at radius 2 is 1.86 bits per heavy atom. The van der Waals surface area contributed by atoms with Crippen LogP contribution in [0, 0.1) is 0 Å². The lowest BCUT2D eigenvalue weighted by Gasteiger charge is -2.21. The van der Waals surface area contributed by atoms with Crippen molar-refractivity contribution < 1.29 is 14.3 Å². The van der Waals surface area contributed by atoms with Gasteiger partial charge >= 0.3 is 0 Å². The SMILES string of the molecule is COc1ccc(CN2CCCN(C(=O)c3ccc(CNC(C)=O)s3)CC2)cc1. The second-order valence-corrected chi connectivity index (χ2v) is 8.11. The Morgan fingerprint density at radius 3 is 2.57 bits per heavy atom. The van der Waals surface area contributed by atoms with E-state index in [0.29, 0.717) is 6.54 Å². The first-order valence-corrected chi connectivity index (χ1v) is 10.3. The predicted octanol–water partition coefficient (Wildman–Crippen LogP) is 2.74. The molecule has 2 amide bonds. The van der Waals surface area contributed by atoms with E-state index in [0.717, 1.165) is 54.6 Å². The summed E-state index contributed by atoms with van der Waals surface area (Å²) < 4.78 is 5.21. The molecule has 0 bridgehead atoms. The number of ether oxygens (including phenoxy) is 1. The quantitative estimate of drug-likeness (QED) is 0.809. The fourth-order valence-corrected chi connectivity index (χ4v) is 4.19. The zero-order chi connectivity index (χ0) is 19.9. The molecule has 0 atom stereocenters. The van der Waals surface area contributed by atoms with E-state index in [4.69, 9.17) is 4.74 Å². The highest BCUT2D eigenvalue weighted by Crippen LogP contribution is 2.20. The maximum absolute atomic E-state index is 12.9. The van der Waals surface area contributed by atoms with Crippen LogP contribution < -0.4 is 10.1 Å². The Morgan fingerprint density at radius 1 is 1.07 bits per heavy atom. The van der Waals surface area contributed by atoms with Gasteiger partial charge in [-0.3, -0.25) is 14.5 Å². The maximum Gasteiger partial charge on any atom is 0.263 e. The van der Waals surface area contributed by atoms with Gasteiger partial charge in [0, 0.05) is 44.5 Å². The fraction of sp³-hybridized carbons (Fsp3) is 0.429. The molecule has 7 heteroatoms. The molecule has 0 saturated carbocycles. The van der Waals surface area contributed by atoms with Gasteiger partial charge in [-0.1, -0.05) is 12.1 Å². The highest BCUT2D eigenvalue weighted by Gasteiger charge is 2.21. The summed E-state index contributed by atoms with van der Waals surface area (Å²) in [5, 5.41) is 2.77. The van der Waals surface area contributed by atoms with Gasteiger partial charge in [0.2, 0.25) is 5.91 Å². The molecule has 2 heterocycles. The molecule has 1 N–H and O–H groups in total. The maximum atomic E-state index is 12.9. The van der Waals surface area contributed by atoms with E-state index in [1.165, 1.54) is 23.8 Å². The van der Waals surface area contributed by atoms with Crippen LogP contribution in [0.3, 0.4) is 0 Å². The van der Waals surface area contributed by atoms with E-state index in [2.05, 4.69) is 22.3 Å². The summed E-state index contributed by atoms with van der Waals surface area (Å²) >= 11 is 1.46. The third kappa shape index (κ3) is 5.56. The van der Waals surface area contributed by atoms with Gasteiger partial charge in [0.25, 0.3) is 5.91 Å². The van der Waals surface area contributed by atoms with Crippen LogP contribution in [0.1, 0.15) is 33.5 Å². The number of thiophene rings is 1. The molecule has 0 radical (unpaired) electrons. The molecular formula is C21H27N3O3S. The minimum Gasteiger partial charge on any atom is -0.497 e. The van der Waals surface area contributed by atoms with E-state index in [1.807, 2.05) is 29.2 Å². The molecular weight excluding hydrogens is 374 g/mol. The van der Waals surface area contributed by atoms with E-state index < -0.39 is 0 Å². The number of carbonyl (C=O) groups is 2. The van der Waals surface area contributed by atoms with Crippen molar-refractivity contribution in [2.24, 2.45) is 0 Å². The third-order valence-corrected chi connectivity index (χ3v) is 5.90. The summed E-state index contributed by atoms with van der Waals surface area (Å²) in [5.74, 6) is 0.890. The highest BCUT2D eigenvalue weighted by atomic mass is 32.1. The van der Waals surface area contributed by atoms with Gasteiger partial charge in [-0.25, -0.2) is 0 Å². The van der Waals surface area contributed by atoms with Crippen LogP contribution in [0.25, 0.3) is 0 Å². The predicted molar refractivity (Wildman–Crippen MR) is 111 cm³/mol. The first-order valence-electron chi connectivity index (χ1n) is 9.53. The summed E-state index contributed by atoms with van der Waals surface area (Å²) in [4.78, 5) is 30.0. The largest absolute Gasteiger partial charge is 0.497 e. The number of nitrogens with one attached hydrogen (secondary N) is 1. The van der Waals surface area contributed by atoms with E-state index in [-0.39, 0.29) is 11.8 Å². The molecule has 150 valence electrons. The van der Waals surface area contributed by atoms with E-state index >= 15 is 0 Å². The lowest BCUT2D eigenvalue weighted by atomic mass is 10.2. The smallest absolute Gasteiger partial charge is 0.263 e. The lowest BCUT2D eigenvalue weighted by Crippen LogP contribution is -2.34. The second kappa shape index (κ2) is 9.71. The van der Waals surface area contributed by atoms with Crippen LogP contribution in [-0.4, -0.2) is 54.9 Å². The van der Waals surface area contributed by atoms with Gasteiger partial charge < -0.3 is 15.0 Å². The minimum absolute atomic E-state index is 0.0641. The Balaban J connectivity index is 1.53. The van der Waals surface area contributed by atoms with Crippen LogP contribution in [-0.2, 0) is 17.9 Å². The summed E-state index contributed by atoms with van der Waals surface area (Å²) in [5.41, 5.74) is 1.25. The molecule has 28 heavy (non-hydrogen) atoms. The van der Waals surface area contributed by atoms with Crippen LogP contribution in [0.5, 0.6) is 5.75 Å². The summed E-state index contributed by atoms with van der Waals surface area (Å²) in [7, 11) is 1.67. The van der Waals surface area contributed by atoms with Crippen LogP contribution in [0.2, 0.25) is 0 Å². The number of hydrogen-bond acceptors (Lipinski definition) is 5. The minimum atomic E-state index is -0.0641. The average Bonchev–Trinajstić information content (AvgIpc) is 3.06. The molecule has 0 unspecified atom stereocenters.